The normalized spacial score (nSPS) is 10.9. The molecule has 0 bridgehead atoms. The molecule has 2 aromatic heterocycles. The van der Waals surface area contributed by atoms with Crippen LogP contribution in [-0.4, -0.2) is 20.4 Å². The van der Waals surface area contributed by atoms with E-state index in [9.17, 15) is 9.59 Å². The average Bonchev–Trinajstić information content (AvgIpc) is 2.93. The zero-order chi connectivity index (χ0) is 14.8. The highest BCUT2D eigenvalue weighted by Gasteiger charge is 2.11. The first-order chi connectivity index (χ1) is 10.2. The fourth-order valence-electron chi connectivity index (χ4n) is 2.24. The molecule has 0 aliphatic heterocycles. The predicted molar refractivity (Wildman–Crippen MR) is 80.5 cm³/mol. The van der Waals surface area contributed by atoms with Gasteiger partial charge in [0.05, 0.1) is 6.42 Å². The van der Waals surface area contributed by atoms with Crippen molar-refractivity contribution >= 4 is 16.7 Å². The number of fused-ring (bicyclic) bond motifs is 1. The van der Waals surface area contributed by atoms with Gasteiger partial charge in [0, 0.05) is 30.6 Å². The monoisotopic (exact) mass is 281 g/mol. The maximum absolute atomic E-state index is 12.3. The van der Waals surface area contributed by atoms with Gasteiger partial charge in [0.15, 0.2) is 0 Å². The summed E-state index contributed by atoms with van der Waals surface area (Å²) in [6.45, 7) is 1.91. The van der Waals surface area contributed by atoms with Crippen molar-refractivity contribution in [1.29, 1.82) is 0 Å². The third-order valence-electron chi connectivity index (χ3n) is 3.44. The molecule has 0 aliphatic rings. The van der Waals surface area contributed by atoms with Crippen LogP contribution in [-0.2, 0) is 12.8 Å². The number of aryl methyl sites for hydroxylation is 1. The highest BCUT2D eigenvalue weighted by atomic mass is 16.2. The van der Waals surface area contributed by atoms with Gasteiger partial charge < -0.3 is 4.98 Å². The Morgan fingerprint density at radius 3 is 2.48 bits per heavy atom. The number of aromatic nitrogens is 3. The molecule has 3 aromatic rings. The maximum atomic E-state index is 12.3. The van der Waals surface area contributed by atoms with Crippen molar-refractivity contribution in [2.45, 2.75) is 19.8 Å². The maximum Gasteiger partial charge on any atom is 0.254 e. The lowest BCUT2D eigenvalue weighted by Gasteiger charge is -2.02. The molecule has 0 aliphatic carbocycles. The van der Waals surface area contributed by atoms with Gasteiger partial charge in [-0.2, -0.15) is 0 Å². The molecule has 1 aromatic carbocycles. The van der Waals surface area contributed by atoms with Crippen molar-refractivity contribution in [3.05, 3.63) is 64.6 Å². The van der Waals surface area contributed by atoms with Crippen molar-refractivity contribution in [2.24, 2.45) is 0 Å². The first kappa shape index (κ1) is 13.3. The van der Waals surface area contributed by atoms with E-state index in [0.29, 0.717) is 17.8 Å². The van der Waals surface area contributed by atoms with Gasteiger partial charge in [0.2, 0.25) is 5.91 Å². The van der Waals surface area contributed by atoms with Crippen molar-refractivity contribution in [3.8, 4) is 0 Å². The van der Waals surface area contributed by atoms with E-state index in [0.717, 1.165) is 10.8 Å². The van der Waals surface area contributed by atoms with Crippen LogP contribution in [0.5, 0.6) is 0 Å². The van der Waals surface area contributed by atoms with Crippen LogP contribution in [0.4, 0.5) is 0 Å². The Hall–Kier alpha value is -2.69. The largest absolute Gasteiger partial charge is 0.310 e. The molecule has 1 N–H and O–H groups in total. The van der Waals surface area contributed by atoms with E-state index < -0.39 is 0 Å². The molecule has 0 radical (unpaired) electrons. The molecule has 106 valence electrons. The van der Waals surface area contributed by atoms with Gasteiger partial charge in [0.1, 0.15) is 5.82 Å². The Morgan fingerprint density at radius 2 is 1.90 bits per heavy atom. The summed E-state index contributed by atoms with van der Waals surface area (Å²) >= 11 is 0. The Labute approximate surface area is 121 Å². The van der Waals surface area contributed by atoms with Gasteiger partial charge in [-0.1, -0.05) is 31.2 Å². The summed E-state index contributed by atoms with van der Waals surface area (Å²) in [6, 6.07) is 7.75. The zero-order valence-corrected chi connectivity index (χ0v) is 11.7. The smallest absolute Gasteiger partial charge is 0.254 e. The van der Waals surface area contributed by atoms with Gasteiger partial charge in [-0.15, -0.1) is 0 Å². The number of rotatable bonds is 3. The second-order valence-corrected chi connectivity index (χ2v) is 4.90. The molecular weight excluding hydrogens is 266 g/mol. The number of H-pyrrole nitrogens is 1. The topological polar surface area (TPSA) is 67.8 Å². The summed E-state index contributed by atoms with van der Waals surface area (Å²) in [4.78, 5) is 31.0. The van der Waals surface area contributed by atoms with E-state index in [1.54, 1.807) is 12.4 Å². The van der Waals surface area contributed by atoms with Gasteiger partial charge in [0.25, 0.3) is 5.56 Å². The highest BCUT2D eigenvalue weighted by molar-refractivity contribution is 5.90. The molecule has 0 fully saturated rings. The van der Waals surface area contributed by atoms with Crippen molar-refractivity contribution in [3.63, 3.8) is 0 Å². The Bertz CT molecular complexity index is 828. The van der Waals surface area contributed by atoms with E-state index in [4.69, 9.17) is 0 Å². The lowest BCUT2D eigenvalue weighted by Crippen LogP contribution is -2.21. The molecule has 5 nitrogen and oxygen atoms in total. The molecule has 0 amide bonds. The van der Waals surface area contributed by atoms with Crippen LogP contribution >= 0.6 is 0 Å². The molecule has 0 atom stereocenters. The highest BCUT2D eigenvalue weighted by Crippen LogP contribution is 2.14. The molecule has 21 heavy (non-hydrogen) atoms. The Balaban J connectivity index is 1.87. The van der Waals surface area contributed by atoms with E-state index in [-0.39, 0.29) is 17.9 Å². The molecular formula is C16H15N3O2. The fourth-order valence-corrected chi connectivity index (χ4v) is 2.24. The van der Waals surface area contributed by atoms with Crippen LogP contribution < -0.4 is 5.56 Å². The van der Waals surface area contributed by atoms with Gasteiger partial charge in [-0.3, -0.25) is 14.2 Å². The summed E-state index contributed by atoms with van der Waals surface area (Å²) in [5, 5.41) is 2.00. The molecule has 0 spiro atoms. The van der Waals surface area contributed by atoms with E-state index >= 15 is 0 Å². The van der Waals surface area contributed by atoms with Crippen LogP contribution in [0.15, 0.2) is 47.7 Å². The van der Waals surface area contributed by atoms with E-state index in [1.807, 2.05) is 31.2 Å². The minimum atomic E-state index is -0.244. The third-order valence-corrected chi connectivity index (χ3v) is 3.44. The van der Waals surface area contributed by atoms with Gasteiger partial charge in [-0.25, -0.2) is 4.98 Å². The zero-order valence-electron chi connectivity index (χ0n) is 11.7. The van der Waals surface area contributed by atoms with Crippen LogP contribution in [0.2, 0.25) is 0 Å². The quantitative estimate of drug-likeness (QED) is 0.800. The number of benzene rings is 1. The predicted octanol–water partition coefficient (Wildman–Crippen LogP) is 2.17. The third kappa shape index (κ3) is 2.63. The number of hydrogen-bond donors (Lipinski definition) is 1. The van der Waals surface area contributed by atoms with Crippen molar-refractivity contribution < 1.29 is 4.79 Å². The van der Waals surface area contributed by atoms with Crippen LogP contribution in [0.3, 0.4) is 0 Å². The minimum absolute atomic E-state index is 0.0350. The summed E-state index contributed by atoms with van der Waals surface area (Å²) in [5.74, 6) is 0.477. The SMILES string of the molecule is CCc1ncc(CC(=O)n2cc3ccccc3c2)c(=O)[nH]1. The van der Waals surface area contributed by atoms with E-state index in [1.165, 1.54) is 10.8 Å². The first-order valence-corrected chi connectivity index (χ1v) is 6.84. The first-order valence-electron chi connectivity index (χ1n) is 6.84. The number of nitrogens with zero attached hydrogens (tertiary/aromatic N) is 2. The summed E-state index contributed by atoms with van der Waals surface area (Å²) < 4.78 is 1.53. The summed E-state index contributed by atoms with van der Waals surface area (Å²) in [7, 11) is 0. The second kappa shape index (κ2) is 5.36. The lowest BCUT2D eigenvalue weighted by molar-refractivity contribution is 0.0914. The van der Waals surface area contributed by atoms with Gasteiger partial charge in [-0.05, 0) is 10.8 Å². The standard InChI is InChI=1S/C16H15N3O2/c1-2-14-17-8-13(16(21)18-14)7-15(20)19-9-11-5-3-4-6-12(11)10-19/h3-6,8-10H,2,7H2,1H3,(H,17,18,21). The molecule has 2 heterocycles. The Morgan fingerprint density at radius 1 is 1.24 bits per heavy atom. The Kier molecular flexibility index (Phi) is 3.39. The van der Waals surface area contributed by atoms with Crippen molar-refractivity contribution in [1.82, 2.24) is 14.5 Å². The number of aromatic amines is 1. The number of nitrogens with one attached hydrogen (secondary N) is 1. The number of carbonyl (C=O) groups excluding carboxylic acids is 1. The number of carbonyl (C=O) groups is 1. The summed E-state index contributed by atoms with van der Waals surface area (Å²) in [5.41, 5.74) is 0.141. The molecule has 0 saturated heterocycles. The number of hydrogen-bond acceptors (Lipinski definition) is 3. The molecule has 3 rings (SSSR count). The fraction of sp³-hybridized carbons (Fsp3) is 0.188. The van der Waals surface area contributed by atoms with Crippen LogP contribution in [0.1, 0.15) is 23.1 Å². The molecule has 5 heteroatoms. The lowest BCUT2D eigenvalue weighted by atomic mass is 10.2. The van der Waals surface area contributed by atoms with Gasteiger partial charge >= 0.3 is 0 Å². The second-order valence-electron chi connectivity index (χ2n) is 4.90. The minimum Gasteiger partial charge on any atom is -0.310 e. The van der Waals surface area contributed by atoms with Crippen LogP contribution in [0, 0.1) is 0 Å². The summed E-state index contributed by atoms with van der Waals surface area (Å²) in [6.07, 6.45) is 5.73. The molecule has 0 saturated carbocycles. The average molecular weight is 281 g/mol. The molecule has 0 unspecified atom stereocenters. The van der Waals surface area contributed by atoms with Crippen LogP contribution in [0.25, 0.3) is 10.8 Å². The van der Waals surface area contributed by atoms with Crippen molar-refractivity contribution in [2.75, 3.05) is 0 Å². The van der Waals surface area contributed by atoms with E-state index in [2.05, 4.69) is 9.97 Å².